The van der Waals surface area contributed by atoms with E-state index in [0.29, 0.717) is 0 Å². The number of ether oxygens (including phenoxy) is 2. The lowest BCUT2D eigenvalue weighted by Gasteiger charge is -2.18. The Morgan fingerprint density at radius 2 is 1.74 bits per heavy atom. The lowest BCUT2D eigenvalue weighted by molar-refractivity contribution is -0.909. The summed E-state index contributed by atoms with van der Waals surface area (Å²) in [5.41, 5.74) is 1.61. The van der Waals surface area contributed by atoms with E-state index in [4.69, 9.17) is 9.47 Å². The summed E-state index contributed by atoms with van der Waals surface area (Å²) in [6.07, 6.45) is 2.90. The van der Waals surface area contributed by atoms with Gasteiger partial charge in [-0.15, -0.1) is 0 Å². The Kier molecular flexibility index (Phi) is 8.59. The zero-order valence-electron chi connectivity index (χ0n) is 17.1. The van der Waals surface area contributed by atoms with Gasteiger partial charge < -0.3 is 14.8 Å². The Bertz CT molecular complexity index is 739. The van der Waals surface area contributed by atoms with Crippen molar-refractivity contribution in [2.45, 2.75) is 53.1 Å². The normalized spacial score (nSPS) is 11.6. The van der Waals surface area contributed by atoms with Gasteiger partial charge in [0.25, 0.3) is 5.69 Å². The summed E-state index contributed by atoms with van der Waals surface area (Å²) in [4.78, 5) is 10.5. The van der Waals surface area contributed by atoms with E-state index in [1.54, 1.807) is 12.3 Å². The molecule has 1 aliphatic heterocycles. The number of hydrogen-bond donors (Lipinski definition) is 2. The SMILES string of the molecule is CC.CNC(=O)OC(C)(C)C.O[n+]1cccc2c1CCc1ccccc1O2. The predicted octanol–water partition coefficient (Wildman–Crippen LogP) is 4.27. The van der Waals surface area contributed by atoms with Gasteiger partial charge in [-0.25, -0.2) is 4.79 Å². The molecule has 0 saturated heterocycles. The van der Waals surface area contributed by atoms with E-state index in [0.717, 1.165) is 34.8 Å². The van der Waals surface area contributed by atoms with Gasteiger partial charge in [-0.3, -0.25) is 5.21 Å². The van der Waals surface area contributed by atoms with Crippen LogP contribution in [0.4, 0.5) is 4.79 Å². The average molecular weight is 375 g/mol. The van der Waals surface area contributed by atoms with E-state index in [1.165, 1.54) is 12.6 Å². The van der Waals surface area contributed by atoms with Gasteiger partial charge in [0, 0.05) is 24.3 Å². The molecule has 0 fully saturated rings. The molecule has 1 aromatic heterocycles. The number of para-hydroxylation sites is 1. The lowest BCUT2D eigenvalue weighted by atomic mass is 10.1. The topological polar surface area (TPSA) is 71.7 Å². The molecule has 148 valence electrons. The Labute approximate surface area is 161 Å². The number of alkyl carbamates (subject to hydrolysis) is 1. The molecule has 0 atom stereocenters. The second kappa shape index (κ2) is 10.4. The first-order valence-electron chi connectivity index (χ1n) is 9.19. The highest BCUT2D eigenvalue weighted by molar-refractivity contribution is 5.67. The predicted molar refractivity (Wildman–Crippen MR) is 104 cm³/mol. The molecule has 2 aromatic rings. The van der Waals surface area contributed by atoms with Crippen molar-refractivity contribution in [2.24, 2.45) is 0 Å². The van der Waals surface area contributed by atoms with Crippen molar-refractivity contribution in [3.8, 4) is 11.5 Å². The first-order valence-corrected chi connectivity index (χ1v) is 9.19. The van der Waals surface area contributed by atoms with E-state index in [-0.39, 0.29) is 11.7 Å². The summed E-state index contributed by atoms with van der Waals surface area (Å²) >= 11 is 0. The van der Waals surface area contributed by atoms with Crippen LogP contribution in [0, 0.1) is 0 Å². The molecule has 3 rings (SSSR count). The first-order chi connectivity index (χ1) is 12.8. The fourth-order valence-corrected chi connectivity index (χ4v) is 2.35. The minimum absolute atomic E-state index is 0.387. The van der Waals surface area contributed by atoms with Crippen molar-refractivity contribution in [1.29, 1.82) is 0 Å². The van der Waals surface area contributed by atoms with Crippen LogP contribution < -0.4 is 14.8 Å². The number of carbonyl (C=O) groups excluding carboxylic acids is 1. The van der Waals surface area contributed by atoms with Crippen molar-refractivity contribution < 1.29 is 24.2 Å². The zero-order chi connectivity index (χ0) is 20.4. The molecule has 6 heteroatoms. The molecule has 1 amide bonds. The number of carbonyl (C=O) groups is 1. The molecule has 0 aliphatic carbocycles. The number of aromatic nitrogens is 1. The quantitative estimate of drug-likeness (QED) is 0.533. The van der Waals surface area contributed by atoms with Crippen LogP contribution >= 0.6 is 0 Å². The van der Waals surface area contributed by atoms with E-state index < -0.39 is 0 Å². The standard InChI is InChI=1S/C13H12NO2.C6H13NO2.C2H6/c15-14-9-3-6-13-11(14)8-7-10-4-1-2-5-12(10)16-13;1-6(2,3)9-5(8)7-4;1-2/h1-6,9,15H,7-8H2;1-4H3,(H,7,8);1-2H3/q+1;;. The number of rotatable bonds is 0. The van der Waals surface area contributed by atoms with Crippen molar-refractivity contribution in [3.05, 3.63) is 53.9 Å². The summed E-state index contributed by atoms with van der Waals surface area (Å²) in [6.45, 7) is 9.47. The van der Waals surface area contributed by atoms with Gasteiger partial charge in [-0.05, 0) is 44.9 Å². The second-order valence-corrected chi connectivity index (χ2v) is 6.63. The third-order valence-electron chi connectivity index (χ3n) is 3.46. The van der Waals surface area contributed by atoms with Crippen LogP contribution in [0.15, 0.2) is 42.6 Å². The Morgan fingerprint density at radius 3 is 2.33 bits per heavy atom. The van der Waals surface area contributed by atoms with E-state index in [1.807, 2.05) is 58.9 Å². The summed E-state index contributed by atoms with van der Waals surface area (Å²) in [5, 5.41) is 12.1. The summed E-state index contributed by atoms with van der Waals surface area (Å²) in [5.74, 6) is 1.61. The van der Waals surface area contributed by atoms with Crippen LogP contribution in [0.1, 0.15) is 45.9 Å². The molecule has 6 nitrogen and oxygen atoms in total. The number of fused-ring (bicyclic) bond motifs is 2. The number of pyridine rings is 1. The van der Waals surface area contributed by atoms with E-state index in [2.05, 4.69) is 11.4 Å². The molecular weight excluding hydrogens is 344 g/mol. The van der Waals surface area contributed by atoms with E-state index >= 15 is 0 Å². The minimum atomic E-state index is -0.389. The largest absolute Gasteiger partial charge is 0.450 e. The number of benzene rings is 1. The fraction of sp³-hybridized carbons (Fsp3) is 0.429. The van der Waals surface area contributed by atoms with Crippen LogP contribution in [0.2, 0.25) is 0 Å². The van der Waals surface area contributed by atoms with Crippen LogP contribution in [-0.4, -0.2) is 23.9 Å². The van der Waals surface area contributed by atoms with Crippen LogP contribution in [0.3, 0.4) is 0 Å². The average Bonchev–Trinajstić information content (AvgIpc) is 2.82. The minimum Gasteiger partial charge on any atom is -0.450 e. The van der Waals surface area contributed by atoms with E-state index in [9.17, 15) is 10.0 Å². The molecule has 0 spiro atoms. The highest BCUT2D eigenvalue weighted by Gasteiger charge is 2.22. The van der Waals surface area contributed by atoms with Crippen molar-refractivity contribution in [3.63, 3.8) is 0 Å². The molecule has 2 heterocycles. The molecule has 0 bridgehead atoms. The van der Waals surface area contributed by atoms with Gasteiger partial charge in [0.05, 0.1) is 0 Å². The molecule has 2 N–H and O–H groups in total. The van der Waals surface area contributed by atoms with Gasteiger partial charge in [0.15, 0.2) is 5.75 Å². The van der Waals surface area contributed by atoms with Gasteiger partial charge in [-0.2, -0.15) is 0 Å². The smallest absolute Gasteiger partial charge is 0.407 e. The summed E-state index contributed by atoms with van der Waals surface area (Å²) < 4.78 is 11.8. The maximum Gasteiger partial charge on any atom is 0.407 e. The number of aryl methyl sites for hydroxylation is 1. The third-order valence-corrected chi connectivity index (χ3v) is 3.46. The lowest BCUT2D eigenvalue weighted by Crippen LogP contribution is -2.34. The van der Waals surface area contributed by atoms with Crippen molar-refractivity contribution >= 4 is 6.09 Å². The zero-order valence-corrected chi connectivity index (χ0v) is 17.1. The maximum absolute atomic E-state index is 10.5. The number of amides is 1. The molecule has 0 unspecified atom stereocenters. The third kappa shape index (κ3) is 7.17. The molecule has 0 radical (unpaired) electrons. The number of nitrogens with zero attached hydrogens (tertiary/aromatic N) is 1. The number of nitrogens with one attached hydrogen (secondary N) is 1. The fourth-order valence-electron chi connectivity index (χ4n) is 2.35. The summed E-state index contributed by atoms with van der Waals surface area (Å²) in [6, 6.07) is 11.6. The van der Waals surface area contributed by atoms with Gasteiger partial charge in [0.1, 0.15) is 11.4 Å². The summed E-state index contributed by atoms with van der Waals surface area (Å²) in [7, 11) is 1.54. The molecular formula is C21H31N2O4+. The monoisotopic (exact) mass is 375 g/mol. The first kappa shape index (κ1) is 22.3. The molecule has 0 saturated carbocycles. The van der Waals surface area contributed by atoms with Crippen LogP contribution in [0.25, 0.3) is 0 Å². The van der Waals surface area contributed by atoms with Gasteiger partial charge >= 0.3 is 6.09 Å². The highest BCUT2D eigenvalue weighted by Crippen LogP contribution is 2.31. The van der Waals surface area contributed by atoms with Gasteiger partial charge in [-0.1, -0.05) is 32.0 Å². The molecule has 1 aromatic carbocycles. The number of hydrogen-bond acceptors (Lipinski definition) is 4. The van der Waals surface area contributed by atoms with Crippen molar-refractivity contribution in [2.75, 3.05) is 7.05 Å². The molecule has 27 heavy (non-hydrogen) atoms. The van der Waals surface area contributed by atoms with Gasteiger partial charge in [0.2, 0.25) is 6.20 Å². The van der Waals surface area contributed by atoms with Crippen LogP contribution in [-0.2, 0) is 17.6 Å². The Morgan fingerprint density at radius 1 is 1.11 bits per heavy atom. The second-order valence-electron chi connectivity index (χ2n) is 6.63. The Balaban J connectivity index is 0.000000286. The van der Waals surface area contributed by atoms with Crippen molar-refractivity contribution in [1.82, 2.24) is 5.32 Å². The molecule has 1 aliphatic rings. The Hall–Kier alpha value is -2.76. The maximum atomic E-state index is 10.5. The van der Waals surface area contributed by atoms with Crippen LogP contribution in [0.5, 0.6) is 11.5 Å². The highest BCUT2D eigenvalue weighted by atomic mass is 16.6.